The summed E-state index contributed by atoms with van der Waals surface area (Å²) in [4.78, 5) is 29.1. The number of nitrogens with one attached hydrogen (secondary N) is 1. The highest BCUT2D eigenvalue weighted by Crippen LogP contribution is 2.32. The largest absolute Gasteiger partial charge is 0.377 e. The minimum atomic E-state index is -0.251. The molecule has 1 N–H and O–H groups in total. The first-order valence-electron chi connectivity index (χ1n) is 10.0. The Bertz CT molecular complexity index is 893. The average Bonchev–Trinajstić information content (AvgIpc) is 3.51. The number of carbonyl (C=O) groups excluding carboxylic acids is 2. The standard InChI is InChI=1S/C23H28ClN3O2/c1-4-22(28)27(14-16-9-10-16)15-17-13-18(11-12-21(17)26(2)3)25-23(29)19-7-5-6-8-20(19)24/h5-8,11-13,16H,4,9-10,14-15H2,1-3H3,(H,25,29). The van der Waals surface area contributed by atoms with Gasteiger partial charge in [0.2, 0.25) is 5.91 Å². The van der Waals surface area contributed by atoms with Crippen LogP contribution < -0.4 is 10.2 Å². The molecule has 3 rings (SSSR count). The molecule has 0 radical (unpaired) electrons. The summed E-state index contributed by atoms with van der Waals surface area (Å²) < 4.78 is 0. The highest BCUT2D eigenvalue weighted by atomic mass is 35.5. The van der Waals surface area contributed by atoms with Gasteiger partial charge in [-0.25, -0.2) is 0 Å². The van der Waals surface area contributed by atoms with Gasteiger partial charge in [-0.3, -0.25) is 9.59 Å². The van der Waals surface area contributed by atoms with Crippen LogP contribution in [-0.2, 0) is 11.3 Å². The fourth-order valence-corrected chi connectivity index (χ4v) is 3.59. The molecular weight excluding hydrogens is 386 g/mol. The number of amides is 2. The average molecular weight is 414 g/mol. The van der Waals surface area contributed by atoms with E-state index >= 15 is 0 Å². The topological polar surface area (TPSA) is 52.7 Å². The summed E-state index contributed by atoms with van der Waals surface area (Å²) in [5.41, 5.74) is 3.16. The Hall–Kier alpha value is -2.53. The quantitative estimate of drug-likeness (QED) is 0.675. The third-order valence-corrected chi connectivity index (χ3v) is 5.46. The first-order valence-corrected chi connectivity index (χ1v) is 10.4. The van der Waals surface area contributed by atoms with E-state index in [-0.39, 0.29) is 11.8 Å². The van der Waals surface area contributed by atoms with Gasteiger partial charge in [-0.05, 0) is 54.7 Å². The maximum Gasteiger partial charge on any atom is 0.257 e. The second-order valence-corrected chi connectivity index (χ2v) is 8.15. The minimum absolute atomic E-state index is 0.159. The maximum absolute atomic E-state index is 12.6. The number of carbonyl (C=O) groups is 2. The first kappa shape index (κ1) is 21.2. The predicted molar refractivity (Wildman–Crippen MR) is 119 cm³/mol. The van der Waals surface area contributed by atoms with Gasteiger partial charge in [-0.15, -0.1) is 0 Å². The van der Waals surface area contributed by atoms with E-state index in [2.05, 4.69) is 5.32 Å². The van der Waals surface area contributed by atoms with Gasteiger partial charge in [-0.2, -0.15) is 0 Å². The number of nitrogens with zero attached hydrogens (tertiary/aromatic N) is 2. The van der Waals surface area contributed by atoms with Crippen molar-refractivity contribution in [2.45, 2.75) is 32.7 Å². The van der Waals surface area contributed by atoms with Crippen LogP contribution in [0.5, 0.6) is 0 Å². The molecule has 1 aliphatic carbocycles. The van der Waals surface area contributed by atoms with Crippen LogP contribution in [0.25, 0.3) is 0 Å². The van der Waals surface area contributed by atoms with Crippen molar-refractivity contribution in [2.75, 3.05) is 30.9 Å². The molecule has 0 bridgehead atoms. The van der Waals surface area contributed by atoms with E-state index in [4.69, 9.17) is 11.6 Å². The molecule has 0 aliphatic heterocycles. The van der Waals surface area contributed by atoms with Crippen molar-refractivity contribution in [3.05, 3.63) is 58.6 Å². The SMILES string of the molecule is CCC(=O)N(Cc1cc(NC(=O)c2ccccc2Cl)ccc1N(C)C)CC1CC1. The number of hydrogen-bond donors (Lipinski definition) is 1. The zero-order valence-corrected chi connectivity index (χ0v) is 18.0. The second-order valence-electron chi connectivity index (χ2n) is 7.74. The Morgan fingerprint density at radius 1 is 1.14 bits per heavy atom. The Labute approximate surface area is 177 Å². The Morgan fingerprint density at radius 3 is 2.48 bits per heavy atom. The molecule has 29 heavy (non-hydrogen) atoms. The van der Waals surface area contributed by atoms with E-state index < -0.39 is 0 Å². The Balaban J connectivity index is 1.84. The predicted octanol–water partition coefficient (Wildman–Crippen LogP) is 4.81. The van der Waals surface area contributed by atoms with E-state index in [1.807, 2.05) is 49.0 Å². The molecule has 1 fully saturated rings. The Kier molecular flexibility index (Phi) is 6.80. The van der Waals surface area contributed by atoms with Crippen LogP contribution in [0, 0.1) is 5.92 Å². The van der Waals surface area contributed by atoms with Gasteiger partial charge in [0, 0.05) is 45.0 Å². The van der Waals surface area contributed by atoms with Crippen molar-refractivity contribution in [1.82, 2.24) is 4.90 Å². The summed E-state index contributed by atoms with van der Waals surface area (Å²) in [6.45, 7) is 3.23. The molecule has 5 nitrogen and oxygen atoms in total. The Morgan fingerprint density at radius 2 is 1.86 bits per heavy atom. The zero-order valence-electron chi connectivity index (χ0n) is 17.2. The lowest BCUT2D eigenvalue weighted by atomic mass is 10.1. The molecule has 2 aromatic rings. The van der Waals surface area contributed by atoms with E-state index in [0.29, 0.717) is 35.2 Å². The van der Waals surface area contributed by atoms with Crippen LogP contribution in [0.15, 0.2) is 42.5 Å². The number of halogens is 1. The van der Waals surface area contributed by atoms with Gasteiger partial charge in [0.05, 0.1) is 10.6 Å². The van der Waals surface area contributed by atoms with E-state index in [9.17, 15) is 9.59 Å². The molecule has 1 aliphatic rings. The number of benzene rings is 2. The van der Waals surface area contributed by atoms with Crippen molar-refractivity contribution < 1.29 is 9.59 Å². The van der Waals surface area contributed by atoms with Gasteiger partial charge in [0.1, 0.15) is 0 Å². The van der Waals surface area contributed by atoms with E-state index in [1.165, 1.54) is 12.8 Å². The molecule has 6 heteroatoms. The van der Waals surface area contributed by atoms with Gasteiger partial charge >= 0.3 is 0 Å². The molecule has 0 saturated heterocycles. The first-order chi connectivity index (χ1) is 13.9. The molecule has 0 heterocycles. The van der Waals surface area contributed by atoms with E-state index in [0.717, 1.165) is 17.8 Å². The molecule has 1 saturated carbocycles. The van der Waals surface area contributed by atoms with Crippen LogP contribution in [0.2, 0.25) is 5.02 Å². The van der Waals surface area contributed by atoms with Crippen molar-refractivity contribution >= 4 is 34.8 Å². The van der Waals surface area contributed by atoms with Gasteiger partial charge in [-0.1, -0.05) is 30.7 Å². The third-order valence-electron chi connectivity index (χ3n) is 5.13. The minimum Gasteiger partial charge on any atom is -0.377 e. The molecule has 154 valence electrons. The van der Waals surface area contributed by atoms with Gasteiger partial charge in [0.15, 0.2) is 0 Å². The normalized spacial score (nSPS) is 13.1. The summed E-state index contributed by atoms with van der Waals surface area (Å²) in [7, 11) is 3.96. The van der Waals surface area contributed by atoms with Crippen molar-refractivity contribution in [3.8, 4) is 0 Å². The zero-order chi connectivity index (χ0) is 21.0. The van der Waals surface area contributed by atoms with E-state index in [1.54, 1.807) is 24.3 Å². The van der Waals surface area contributed by atoms with Crippen LogP contribution in [0.4, 0.5) is 11.4 Å². The second kappa shape index (κ2) is 9.31. The number of hydrogen-bond acceptors (Lipinski definition) is 3. The summed E-state index contributed by atoms with van der Waals surface area (Å²) in [5, 5.41) is 3.35. The van der Waals surface area contributed by atoms with Gasteiger partial charge < -0.3 is 15.1 Å². The van der Waals surface area contributed by atoms with Crippen molar-refractivity contribution in [2.24, 2.45) is 5.92 Å². The molecule has 0 aromatic heterocycles. The van der Waals surface area contributed by atoms with Crippen molar-refractivity contribution in [3.63, 3.8) is 0 Å². The van der Waals surface area contributed by atoms with Crippen molar-refractivity contribution in [1.29, 1.82) is 0 Å². The lowest BCUT2D eigenvalue weighted by molar-refractivity contribution is -0.131. The molecule has 0 unspecified atom stereocenters. The molecule has 2 aromatic carbocycles. The molecule has 0 atom stereocenters. The molecule has 2 amide bonds. The smallest absolute Gasteiger partial charge is 0.257 e. The summed E-state index contributed by atoms with van der Waals surface area (Å²) in [5.74, 6) is 0.530. The highest BCUT2D eigenvalue weighted by Gasteiger charge is 2.27. The number of anilines is 2. The lowest BCUT2D eigenvalue weighted by Crippen LogP contribution is -2.32. The molecular formula is C23H28ClN3O2. The van der Waals surface area contributed by atoms with Crippen LogP contribution in [-0.4, -0.2) is 37.4 Å². The van der Waals surface area contributed by atoms with Crippen LogP contribution in [0.1, 0.15) is 42.1 Å². The maximum atomic E-state index is 12.6. The summed E-state index contributed by atoms with van der Waals surface area (Å²) >= 11 is 6.15. The van der Waals surface area contributed by atoms with Gasteiger partial charge in [0.25, 0.3) is 5.91 Å². The van der Waals surface area contributed by atoms with Crippen LogP contribution >= 0.6 is 11.6 Å². The van der Waals surface area contributed by atoms with Crippen LogP contribution in [0.3, 0.4) is 0 Å². The summed E-state index contributed by atoms with van der Waals surface area (Å²) in [6, 6.07) is 12.8. The summed E-state index contributed by atoms with van der Waals surface area (Å²) in [6.07, 6.45) is 2.89. The number of rotatable bonds is 8. The third kappa shape index (κ3) is 5.51. The monoisotopic (exact) mass is 413 g/mol. The lowest BCUT2D eigenvalue weighted by Gasteiger charge is -2.26. The molecule has 0 spiro atoms. The fraction of sp³-hybridized carbons (Fsp3) is 0.391. The highest BCUT2D eigenvalue weighted by molar-refractivity contribution is 6.34. The fourth-order valence-electron chi connectivity index (χ4n) is 3.37.